The van der Waals surface area contributed by atoms with E-state index in [1.54, 1.807) is 6.07 Å². The fourth-order valence-corrected chi connectivity index (χ4v) is 3.94. The molecule has 0 bridgehead atoms. The van der Waals surface area contributed by atoms with Gasteiger partial charge in [0.1, 0.15) is 5.82 Å². The maximum absolute atomic E-state index is 13.3. The lowest BCUT2D eigenvalue weighted by Crippen LogP contribution is -2.37. The topological polar surface area (TPSA) is 110 Å². The number of non-ortho nitro benzene ring substituents is 1. The highest BCUT2D eigenvalue weighted by Crippen LogP contribution is 2.23. The predicted octanol–water partition coefficient (Wildman–Crippen LogP) is 1.82. The van der Waals surface area contributed by atoms with Crippen LogP contribution in [0.5, 0.6) is 0 Å². The highest BCUT2D eigenvalue weighted by molar-refractivity contribution is 7.89. The van der Waals surface area contributed by atoms with Crippen molar-refractivity contribution in [3.05, 3.63) is 64.5 Å². The quantitative estimate of drug-likeness (QED) is 0.629. The van der Waals surface area contributed by atoms with Crippen molar-refractivity contribution in [2.24, 2.45) is 0 Å². The molecule has 3 rings (SSSR count). The fourth-order valence-electron chi connectivity index (χ4n) is 2.71. The summed E-state index contributed by atoms with van der Waals surface area (Å²) in [5.41, 5.74) is 0.129. The van der Waals surface area contributed by atoms with E-state index in [0.29, 0.717) is 5.69 Å². The lowest BCUT2D eigenvalue weighted by molar-refractivity contribution is -0.384. The highest BCUT2D eigenvalue weighted by atomic mass is 32.2. The first kappa shape index (κ1) is 18.0. The van der Waals surface area contributed by atoms with Gasteiger partial charge in [0.05, 0.1) is 9.82 Å². The second-order valence-corrected chi connectivity index (χ2v) is 7.47. The van der Waals surface area contributed by atoms with Crippen molar-refractivity contribution in [3.8, 4) is 0 Å². The van der Waals surface area contributed by atoms with Gasteiger partial charge in [-0.1, -0.05) is 6.07 Å². The van der Waals surface area contributed by atoms with E-state index in [2.05, 4.69) is 4.72 Å². The molecule has 1 aliphatic heterocycles. The zero-order chi connectivity index (χ0) is 18.9. The zero-order valence-electron chi connectivity index (χ0n) is 13.3. The third kappa shape index (κ3) is 3.70. The van der Waals surface area contributed by atoms with E-state index < -0.39 is 26.8 Å². The number of nitro benzene ring substituents is 1. The molecule has 26 heavy (non-hydrogen) atoms. The summed E-state index contributed by atoms with van der Waals surface area (Å²) in [4.78, 5) is 23.3. The van der Waals surface area contributed by atoms with Gasteiger partial charge in [-0.3, -0.25) is 14.9 Å². The average Bonchev–Trinajstić information content (AvgIpc) is 2.94. The Morgan fingerprint density at radius 3 is 2.50 bits per heavy atom. The zero-order valence-corrected chi connectivity index (χ0v) is 14.1. The molecule has 0 radical (unpaired) electrons. The number of nitrogens with one attached hydrogen (secondary N) is 1. The van der Waals surface area contributed by atoms with Gasteiger partial charge in [0.2, 0.25) is 15.9 Å². The van der Waals surface area contributed by atoms with Gasteiger partial charge in [0.25, 0.3) is 5.69 Å². The maximum Gasteiger partial charge on any atom is 0.269 e. The van der Waals surface area contributed by atoms with E-state index in [4.69, 9.17) is 0 Å². The van der Waals surface area contributed by atoms with Gasteiger partial charge in [-0.05, 0) is 30.3 Å². The summed E-state index contributed by atoms with van der Waals surface area (Å²) in [6, 6.07) is 9.22. The van der Waals surface area contributed by atoms with Crippen molar-refractivity contribution in [1.29, 1.82) is 0 Å². The number of hydrogen-bond acceptors (Lipinski definition) is 5. The van der Waals surface area contributed by atoms with E-state index in [1.807, 2.05) is 0 Å². The third-order valence-electron chi connectivity index (χ3n) is 3.92. The van der Waals surface area contributed by atoms with Crippen molar-refractivity contribution in [2.45, 2.75) is 17.4 Å². The minimum absolute atomic E-state index is 0.0640. The van der Waals surface area contributed by atoms with Gasteiger partial charge < -0.3 is 4.90 Å². The maximum atomic E-state index is 13.3. The van der Waals surface area contributed by atoms with E-state index in [1.165, 1.54) is 23.1 Å². The summed E-state index contributed by atoms with van der Waals surface area (Å²) in [7, 11) is -3.95. The van der Waals surface area contributed by atoms with Crippen molar-refractivity contribution in [1.82, 2.24) is 4.72 Å². The number of nitro groups is 1. The molecule has 1 saturated heterocycles. The Balaban J connectivity index is 1.74. The largest absolute Gasteiger partial charge is 0.311 e. The predicted molar refractivity (Wildman–Crippen MR) is 90.6 cm³/mol. The average molecular weight is 379 g/mol. The minimum atomic E-state index is -3.95. The molecule has 2 aromatic rings. The molecule has 1 atom stereocenters. The normalized spacial score (nSPS) is 17.5. The molecule has 1 heterocycles. The van der Waals surface area contributed by atoms with Crippen LogP contribution in [0.25, 0.3) is 0 Å². The van der Waals surface area contributed by atoms with Crippen LogP contribution in [-0.2, 0) is 14.8 Å². The number of halogens is 1. The second kappa shape index (κ2) is 6.81. The van der Waals surface area contributed by atoms with Crippen LogP contribution in [0.3, 0.4) is 0 Å². The first-order chi connectivity index (χ1) is 12.3. The standard InChI is InChI=1S/C16H14FN3O5S/c17-11-2-1-3-14(8-11)19-10-12(9-16(19)21)18-26(24,25)15-6-4-13(5-7-15)20(22)23/h1-8,12,18H,9-10H2/t12-/m0/s1. The van der Waals surface area contributed by atoms with Crippen LogP contribution in [0.1, 0.15) is 6.42 Å². The number of carbonyl (C=O) groups excluding carboxylic acids is 1. The van der Waals surface area contributed by atoms with Crippen LogP contribution in [-0.4, -0.2) is 31.8 Å². The van der Waals surface area contributed by atoms with Crippen molar-refractivity contribution >= 4 is 27.3 Å². The lowest BCUT2D eigenvalue weighted by atomic mass is 10.3. The molecule has 0 spiro atoms. The second-order valence-electron chi connectivity index (χ2n) is 5.76. The molecule has 136 valence electrons. The summed E-state index contributed by atoms with van der Waals surface area (Å²) in [5.74, 6) is -0.822. The van der Waals surface area contributed by atoms with Crippen LogP contribution in [0, 0.1) is 15.9 Å². The molecule has 0 aromatic heterocycles. The number of sulfonamides is 1. The molecular weight excluding hydrogens is 365 g/mol. The fraction of sp³-hybridized carbons (Fsp3) is 0.188. The lowest BCUT2D eigenvalue weighted by Gasteiger charge is -2.17. The molecule has 1 amide bonds. The first-order valence-electron chi connectivity index (χ1n) is 7.59. The SMILES string of the molecule is O=C1C[C@H](NS(=O)(=O)c2ccc([N+](=O)[O-])cc2)CN1c1cccc(F)c1. The molecule has 8 nitrogen and oxygen atoms in total. The van der Waals surface area contributed by atoms with Gasteiger partial charge in [-0.15, -0.1) is 0 Å². The Morgan fingerprint density at radius 2 is 1.88 bits per heavy atom. The van der Waals surface area contributed by atoms with Gasteiger partial charge in [-0.25, -0.2) is 17.5 Å². The van der Waals surface area contributed by atoms with Crippen LogP contribution in [0.2, 0.25) is 0 Å². The van der Waals surface area contributed by atoms with Gasteiger partial charge in [0.15, 0.2) is 0 Å². The summed E-state index contributed by atoms with van der Waals surface area (Å²) in [5, 5.41) is 10.6. The number of hydrogen-bond donors (Lipinski definition) is 1. The Morgan fingerprint density at radius 1 is 1.19 bits per heavy atom. The number of benzene rings is 2. The summed E-state index contributed by atoms with van der Waals surface area (Å²) in [6.45, 7) is 0.0640. The van der Waals surface area contributed by atoms with Crippen LogP contribution in [0.4, 0.5) is 15.8 Å². The molecule has 0 aliphatic carbocycles. The molecular formula is C16H14FN3O5S. The summed E-state index contributed by atoms with van der Waals surface area (Å²) < 4.78 is 40.5. The van der Waals surface area contributed by atoms with Crippen molar-refractivity contribution in [3.63, 3.8) is 0 Å². The molecule has 10 heteroatoms. The Hall–Kier alpha value is -2.85. The highest BCUT2D eigenvalue weighted by Gasteiger charge is 2.33. The van der Waals surface area contributed by atoms with Crippen LogP contribution in [0.15, 0.2) is 53.4 Å². The van der Waals surface area contributed by atoms with Gasteiger partial charge >= 0.3 is 0 Å². The minimum Gasteiger partial charge on any atom is -0.311 e. The molecule has 0 unspecified atom stereocenters. The number of rotatable bonds is 5. The van der Waals surface area contributed by atoms with E-state index in [0.717, 1.165) is 24.3 Å². The van der Waals surface area contributed by atoms with Crippen LogP contribution < -0.4 is 9.62 Å². The van der Waals surface area contributed by atoms with Crippen molar-refractivity contribution < 1.29 is 22.5 Å². The Labute approximate surface area is 148 Å². The van der Waals surface area contributed by atoms with Crippen molar-refractivity contribution in [2.75, 3.05) is 11.4 Å². The number of amides is 1. The van der Waals surface area contributed by atoms with E-state index >= 15 is 0 Å². The smallest absolute Gasteiger partial charge is 0.269 e. The monoisotopic (exact) mass is 379 g/mol. The number of carbonyl (C=O) groups is 1. The molecule has 0 saturated carbocycles. The number of nitrogens with zero attached hydrogens (tertiary/aromatic N) is 2. The molecule has 1 fully saturated rings. The van der Waals surface area contributed by atoms with Crippen LogP contribution >= 0.6 is 0 Å². The molecule has 2 aromatic carbocycles. The Kier molecular flexibility index (Phi) is 4.70. The molecule has 1 aliphatic rings. The number of anilines is 1. The van der Waals surface area contributed by atoms with E-state index in [-0.39, 0.29) is 29.5 Å². The van der Waals surface area contributed by atoms with E-state index in [9.17, 15) is 27.7 Å². The summed E-state index contributed by atoms with van der Waals surface area (Å²) >= 11 is 0. The van der Waals surface area contributed by atoms with Gasteiger partial charge in [0, 0.05) is 36.8 Å². The third-order valence-corrected chi connectivity index (χ3v) is 5.46. The summed E-state index contributed by atoms with van der Waals surface area (Å²) in [6.07, 6.45) is -0.0667. The first-order valence-corrected chi connectivity index (χ1v) is 9.07. The van der Waals surface area contributed by atoms with Gasteiger partial charge in [-0.2, -0.15) is 0 Å². The Bertz CT molecular complexity index is 962. The molecule has 1 N–H and O–H groups in total.